The van der Waals surface area contributed by atoms with Crippen LogP contribution in [-0.2, 0) is 16.1 Å². The van der Waals surface area contributed by atoms with E-state index in [-0.39, 0.29) is 5.91 Å². The van der Waals surface area contributed by atoms with Gasteiger partial charge in [0.15, 0.2) is 0 Å². The van der Waals surface area contributed by atoms with Crippen LogP contribution in [0.5, 0.6) is 0 Å². The number of ether oxygens (including phenoxy) is 1. The van der Waals surface area contributed by atoms with Crippen molar-refractivity contribution < 1.29 is 14.3 Å². The Bertz CT molecular complexity index is 870. The number of hydrogen-bond acceptors (Lipinski definition) is 3. The maximum Gasteiger partial charge on any atom is 0.411 e. The van der Waals surface area contributed by atoms with Crippen molar-refractivity contribution in [1.29, 1.82) is 0 Å². The average Bonchev–Trinajstić information content (AvgIpc) is 2.98. The predicted octanol–water partition coefficient (Wildman–Crippen LogP) is 4.45. The predicted molar refractivity (Wildman–Crippen MR) is 106 cm³/mol. The largest absolute Gasteiger partial charge is 0.444 e. The third kappa shape index (κ3) is 3.97. The van der Waals surface area contributed by atoms with Crippen LogP contribution in [0.25, 0.3) is 0 Å². The van der Waals surface area contributed by atoms with Crippen molar-refractivity contribution in [3.05, 3.63) is 65.2 Å². The van der Waals surface area contributed by atoms with Gasteiger partial charge in [-0.25, -0.2) is 4.79 Å². The summed E-state index contributed by atoms with van der Waals surface area (Å²) in [5, 5.41) is 0. The summed E-state index contributed by atoms with van der Waals surface area (Å²) in [6, 6.07) is 14.7. The Hall–Kier alpha value is -2.82. The van der Waals surface area contributed by atoms with Gasteiger partial charge in [-0.15, -0.1) is 0 Å². The second-order valence-electron chi connectivity index (χ2n) is 7.95. The molecule has 142 valence electrons. The summed E-state index contributed by atoms with van der Waals surface area (Å²) < 4.78 is 5.55. The van der Waals surface area contributed by atoms with Crippen molar-refractivity contribution in [1.82, 2.24) is 4.90 Å². The molecule has 5 heteroatoms. The number of carbonyl (C=O) groups excluding carboxylic acids is 2. The van der Waals surface area contributed by atoms with Crippen molar-refractivity contribution in [3.63, 3.8) is 0 Å². The Morgan fingerprint density at radius 3 is 2.48 bits per heavy atom. The van der Waals surface area contributed by atoms with Gasteiger partial charge in [-0.2, -0.15) is 0 Å². The number of nitrogens with zero attached hydrogens (tertiary/aromatic N) is 2. The second kappa shape index (κ2) is 7.06. The van der Waals surface area contributed by atoms with E-state index in [4.69, 9.17) is 4.74 Å². The van der Waals surface area contributed by atoms with Crippen LogP contribution in [0.4, 0.5) is 10.5 Å². The van der Waals surface area contributed by atoms with Gasteiger partial charge in [0.2, 0.25) is 0 Å². The molecule has 2 aromatic carbocycles. The van der Waals surface area contributed by atoms with Gasteiger partial charge in [0.1, 0.15) is 11.6 Å². The maximum absolute atomic E-state index is 13.4. The van der Waals surface area contributed by atoms with E-state index in [1.54, 1.807) is 11.9 Å². The lowest BCUT2D eigenvalue weighted by atomic mass is 10.0. The van der Waals surface area contributed by atoms with E-state index < -0.39 is 17.7 Å². The molecule has 0 aromatic heterocycles. The number of carbonyl (C=O) groups is 2. The van der Waals surface area contributed by atoms with Gasteiger partial charge in [-0.05, 0) is 56.5 Å². The lowest BCUT2D eigenvalue weighted by molar-refractivity contribution is -0.123. The van der Waals surface area contributed by atoms with E-state index in [1.807, 2.05) is 76.2 Å². The minimum atomic E-state index is -0.693. The molecule has 1 aliphatic heterocycles. The van der Waals surface area contributed by atoms with E-state index >= 15 is 0 Å². The van der Waals surface area contributed by atoms with Crippen LogP contribution in [-0.4, -0.2) is 29.5 Å². The fourth-order valence-corrected chi connectivity index (χ4v) is 3.29. The number of amides is 2. The van der Waals surface area contributed by atoms with E-state index in [2.05, 4.69) is 0 Å². The monoisotopic (exact) mass is 366 g/mol. The molecule has 0 saturated carbocycles. The summed E-state index contributed by atoms with van der Waals surface area (Å²) >= 11 is 0. The second-order valence-corrected chi connectivity index (χ2v) is 7.95. The van der Waals surface area contributed by atoms with Gasteiger partial charge in [0.05, 0.1) is 6.54 Å². The van der Waals surface area contributed by atoms with Gasteiger partial charge in [0.25, 0.3) is 5.91 Å². The molecule has 0 fully saturated rings. The highest BCUT2D eigenvalue weighted by molar-refractivity contribution is 5.99. The number of rotatable bonds is 2. The lowest BCUT2D eigenvalue weighted by Crippen LogP contribution is -2.43. The van der Waals surface area contributed by atoms with Crippen LogP contribution in [0, 0.1) is 6.92 Å². The zero-order valence-electron chi connectivity index (χ0n) is 16.5. The number of fused-ring (bicyclic) bond motifs is 1. The topological polar surface area (TPSA) is 49.9 Å². The van der Waals surface area contributed by atoms with Crippen molar-refractivity contribution in [2.75, 3.05) is 11.9 Å². The third-order valence-corrected chi connectivity index (χ3v) is 4.58. The van der Waals surface area contributed by atoms with Gasteiger partial charge in [-0.3, -0.25) is 9.69 Å². The summed E-state index contributed by atoms with van der Waals surface area (Å²) in [5.74, 6) is -0.156. The molecule has 0 radical (unpaired) electrons. The Morgan fingerprint density at radius 2 is 1.81 bits per heavy atom. The highest BCUT2D eigenvalue weighted by Gasteiger charge is 2.41. The highest BCUT2D eigenvalue weighted by atomic mass is 16.6. The van der Waals surface area contributed by atoms with Crippen molar-refractivity contribution in [2.45, 2.75) is 45.9 Å². The van der Waals surface area contributed by atoms with Crippen LogP contribution >= 0.6 is 0 Å². The van der Waals surface area contributed by atoms with Gasteiger partial charge >= 0.3 is 6.09 Å². The normalized spacial score (nSPS) is 16.0. The van der Waals surface area contributed by atoms with Gasteiger partial charge in [0, 0.05) is 12.7 Å². The Balaban J connectivity index is 1.95. The van der Waals surface area contributed by atoms with Crippen LogP contribution in [0.2, 0.25) is 0 Å². The Kier molecular flexibility index (Phi) is 4.96. The molecule has 2 aromatic rings. The molecule has 0 unspecified atom stereocenters. The number of hydrogen-bond donors (Lipinski definition) is 0. The zero-order chi connectivity index (χ0) is 19.8. The number of likely N-dealkylation sites (N-methyl/N-ethyl adjacent to an activating group) is 1. The van der Waals surface area contributed by atoms with Crippen LogP contribution in [0.15, 0.2) is 48.5 Å². The van der Waals surface area contributed by atoms with Gasteiger partial charge < -0.3 is 9.64 Å². The average molecular weight is 366 g/mol. The summed E-state index contributed by atoms with van der Waals surface area (Å²) in [4.78, 5) is 29.3. The lowest BCUT2D eigenvalue weighted by Gasteiger charge is -2.30. The molecule has 0 aliphatic carbocycles. The first-order valence-corrected chi connectivity index (χ1v) is 9.09. The summed E-state index contributed by atoms with van der Waals surface area (Å²) in [5.41, 5.74) is 3.07. The maximum atomic E-state index is 13.4. The van der Waals surface area contributed by atoms with E-state index in [9.17, 15) is 9.59 Å². The number of aryl methyl sites for hydroxylation is 1. The van der Waals surface area contributed by atoms with E-state index in [1.165, 1.54) is 4.90 Å². The minimum absolute atomic E-state index is 0.156. The third-order valence-electron chi connectivity index (χ3n) is 4.58. The fraction of sp³-hybridized carbons (Fsp3) is 0.364. The molecule has 27 heavy (non-hydrogen) atoms. The smallest absolute Gasteiger partial charge is 0.411 e. The SMILES string of the molecule is Cc1cccc(N(C)C(=O)[C@@H]2c3ccccc3CN2C(=O)OC(C)(C)C)c1. The van der Waals surface area contributed by atoms with Crippen molar-refractivity contribution in [3.8, 4) is 0 Å². The Labute approximate surface area is 160 Å². The summed E-state index contributed by atoms with van der Waals surface area (Å²) in [7, 11) is 1.74. The van der Waals surface area contributed by atoms with E-state index in [0.717, 1.165) is 22.4 Å². The van der Waals surface area contributed by atoms with E-state index in [0.29, 0.717) is 6.54 Å². The highest BCUT2D eigenvalue weighted by Crippen LogP contribution is 2.36. The molecule has 1 heterocycles. The van der Waals surface area contributed by atoms with Crippen LogP contribution in [0.3, 0.4) is 0 Å². The molecule has 1 atom stereocenters. The number of anilines is 1. The first kappa shape index (κ1) is 19.0. The number of benzene rings is 2. The van der Waals surface area contributed by atoms with Crippen LogP contribution in [0.1, 0.15) is 43.5 Å². The Morgan fingerprint density at radius 1 is 1.11 bits per heavy atom. The molecule has 0 bridgehead atoms. The summed E-state index contributed by atoms with van der Waals surface area (Å²) in [6.07, 6.45) is -0.477. The molecule has 0 spiro atoms. The standard InChI is InChI=1S/C22H26N2O3/c1-15-9-8-11-17(13-15)23(5)20(25)19-18-12-7-6-10-16(18)14-24(19)21(26)27-22(2,3)4/h6-13,19H,14H2,1-5H3/t19-/m0/s1. The van der Waals surface area contributed by atoms with Crippen molar-refractivity contribution in [2.24, 2.45) is 0 Å². The molecular formula is C22H26N2O3. The molecule has 1 aliphatic rings. The van der Waals surface area contributed by atoms with Crippen molar-refractivity contribution >= 4 is 17.7 Å². The molecule has 0 saturated heterocycles. The van der Waals surface area contributed by atoms with Crippen LogP contribution < -0.4 is 4.90 Å². The fourth-order valence-electron chi connectivity index (χ4n) is 3.29. The first-order chi connectivity index (χ1) is 12.7. The molecular weight excluding hydrogens is 340 g/mol. The first-order valence-electron chi connectivity index (χ1n) is 9.09. The molecule has 0 N–H and O–H groups in total. The molecule has 3 rings (SSSR count). The summed E-state index contributed by atoms with van der Waals surface area (Å²) in [6.45, 7) is 7.82. The minimum Gasteiger partial charge on any atom is -0.444 e. The quantitative estimate of drug-likeness (QED) is 0.789. The molecule has 5 nitrogen and oxygen atoms in total. The van der Waals surface area contributed by atoms with Gasteiger partial charge in [-0.1, -0.05) is 36.4 Å². The zero-order valence-corrected chi connectivity index (χ0v) is 16.5. The molecule has 2 amide bonds.